The van der Waals surface area contributed by atoms with E-state index in [1.807, 2.05) is 0 Å². The predicted molar refractivity (Wildman–Crippen MR) is 67.9 cm³/mol. The Labute approximate surface area is 104 Å². The van der Waals surface area contributed by atoms with Crippen molar-refractivity contribution in [3.63, 3.8) is 0 Å². The van der Waals surface area contributed by atoms with Gasteiger partial charge in [-0.3, -0.25) is 0 Å². The molecular formula is C14H23N3. The number of fused-ring (bicyclic) bond motifs is 1. The maximum Gasteiger partial charge on any atom is 0.133 e. The van der Waals surface area contributed by atoms with Gasteiger partial charge in [-0.25, -0.2) is 0 Å². The fraction of sp³-hybridized carbons (Fsp3) is 0.857. The fourth-order valence-corrected chi connectivity index (χ4v) is 3.35. The van der Waals surface area contributed by atoms with Gasteiger partial charge in [0.05, 0.1) is 0 Å². The molecule has 3 rings (SSSR count). The molecular weight excluding hydrogens is 210 g/mol. The summed E-state index contributed by atoms with van der Waals surface area (Å²) in [4.78, 5) is 0. The Hall–Kier alpha value is -0.860. The van der Waals surface area contributed by atoms with E-state index >= 15 is 0 Å². The first kappa shape index (κ1) is 11.2. The van der Waals surface area contributed by atoms with E-state index < -0.39 is 0 Å². The Morgan fingerprint density at radius 1 is 0.941 bits per heavy atom. The van der Waals surface area contributed by atoms with E-state index in [9.17, 15) is 0 Å². The van der Waals surface area contributed by atoms with Crippen LogP contribution in [0.1, 0.15) is 63.0 Å². The van der Waals surface area contributed by atoms with Crippen LogP contribution >= 0.6 is 0 Å². The Kier molecular flexibility index (Phi) is 3.44. The minimum absolute atomic E-state index is 0.883. The third-order valence-electron chi connectivity index (χ3n) is 4.38. The van der Waals surface area contributed by atoms with Crippen molar-refractivity contribution in [3.05, 3.63) is 11.6 Å². The molecule has 2 aliphatic rings. The van der Waals surface area contributed by atoms with Gasteiger partial charge in [0.25, 0.3) is 0 Å². The first-order valence-corrected chi connectivity index (χ1v) is 7.34. The molecule has 1 fully saturated rings. The lowest BCUT2D eigenvalue weighted by atomic mass is 10.0. The molecule has 1 aromatic rings. The second-order valence-corrected chi connectivity index (χ2v) is 5.70. The van der Waals surface area contributed by atoms with E-state index in [1.54, 1.807) is 0 Å². The van der Waals surface area contributed by atoms with Gasteiger partial charge in [-0.05, 0) is 18.8 Å². The average molecular weight is 233 g/mol. The second-order valence-electron chi connectivity index (χ2n) is 5.70. The van der Waals surface area contributed by atoms with E-state index in [4.69, 9.17) is 0 Å². The minimum atomic E-state index is 0.883. The Bertz CT molecular complexity index is 364. The standard InChI is InChI=1S/C14H23N3/c1-2-6-10-17-13(9-3-1)15-16-14(17)11-12-7-4-5-8-12/h12H,1-11H2. The molecule has 0 spiro atoms. The fourth-order valence-electron chi connectivity index (χ4n) is 3.35. The smallest absolute Gasteiger partial charge is 0.133 e. The molecule has 1 aromatic heterocycles. The first-order valence-electron chi connectivity index (χ1n) is 7.34. The zero-order valence-electron chi connectivity index (χ0n) is 10.7. The molecule has 0 aromatic carbocycles. The van der Waals surface area contributed by atoms with Crippen LogP contribution in [0.4, 0.5) is 0 Å². The summed E-state index contributed by atoms with van der Waals surface area (Å²) in [5.74, 6) is 3.40. The summed E-state index contributed by atoms with van der Waals surface area (Å²) >= 11 is 0. The van der Waals surface area contributed by atoms with Crippen LogP contribution in [-0.2, 0) is 19.4 Å². The van der Waals surface area contributed by atoms with Gasteiger partial charge < -0.3 is 4.57 Å². The van der Waals surface area contributed by atoms with Gasteiger partial charge in [0.15, 0.2) is 0 Å². The van der Waals surface area contributed by atoms with Crippen LogP contribution in [0, 0.1) is 5.92 Å². The van der Waals surface area contributed by atoms with Gasteiger partial charge in [0.2, 0.25) is 0 Å². The van der Waals surface area contributed by atoms with E-state index in [2.05, 4.69) is 14.8 Å². The summed E-state index contributed by atoms with van der Waals surface area (Å²) in [5.41, 5.74) is 0. The van der Waals surface area contributed by atoms with Crippen molar-refractivity contribution < 1.29 is 0 Å². The minimum Gasteiger partial charge on any atom is -0.315 e. The van der Waals surface area contributed by atoms with Crippen molar-refractivity contribution in [2.24, 2.45) is 5.92 Å². The summed E-state index contributed by atoms with van der Waals surface area (Å²) < 4.78 is 2.43. The molecule has 3 nitrogen and oxygen atoms in total. The maximum absolute atomic E-state index is 4.46. The Morgan fingerprint density at radius 3 is 2.65 bits per heavy atom. The largest absolute Gasteiger partial charge is 0.315 e. The lowest BCUT2D eigenvalue weighted by Gasteiger charge is -2.15. The highest BCUT2D eigenvalue weighted by molar-refractivity contribution is 4.99. The number of rotatable bonds is 2. The number of hydrogen-bond acceptors (Lipinski definition) is 2. The number of nitrogens with zero attached hydrogens (tertiary/aromatic N) is 3. The Morgan fingerprint density at radius 2 is 1.76 bits per heavy atom. The van der Waals surface area contributed by atoms with E-state index in [1.165, 1.54) is 69.4 Å². The van der Waals surface area contributed by atoms with Crippen LogP contribution in [0.25, 0.3) is 0 Å². The maximum atomic E-state index is 4.46. The van der Waals surface area contributed by atoms with E-state index in [0.717, 1.165) is 18.9 Å². The SMILES string of the molecule is C1CCCn2c(nnc2CC2CCCC2)CC1. The molecule has 17 heavy (non-hydrogen) atoms. The highest BCUT2D eigenvalue weighted by Gasteiger charge is 2.20. The molecule has 0 saturated heterocycles. The molecule has 0 unspecified atom stereocenters. The normalized spacial score (nSPS) is 22.1. The monoisotopic (exact) mass is 233 g/mol. The van der Waals surface area contributed by atoms with Gasteiger partial charge in [0, 0.05) is 19.4 Å². The van der Waals surface area contributed by atoms with Gasteiger partial charge in [-0.1, -0.05) is 38.5 Å². The Balaban J connectivity index is 1.74. The second kappa shape index (κ2) is 5.19. The number of hydrogen-bond donors (Lipinski definition) is 0. The third-order valence-corrected chi connectivity index (χ3v) is 4.38. The van der Waals surface area contributed by atoms with Crippen molar-refractivity contribution >= 4 is 0 Å². The molecule has 1 aliphatic heterocycles. The van der Waals surface area contributed by atoms with Crippen molar-refractivity contribution in [2.75, 3.05) is 0 Å². The molecule has 0 atom stereocenters. The summed E-state index contributed by atoms with van der Waals surface area (Å²) in [7, 11) is 0. The van der Waals surface area contributed by atoms with Crippen LogP contribution in [-0.4, -0.2) is 14.8 Å². The molecule has 2 heterocycles. The van der Waals surface area contributed by atoms with Gasteiger partial charge in [-0.2, -0.15) is 0 Å². The van der Waals surface area contributed by atoms with Crippen LogP contribution in [0.2, 0.25) is 0 Å². The lowest BCUT2D eigenvalue weighted by molar-refractivity contribution is 0.473. The van der Waals surface area contributed by atoms with Crippen molar-refractivity contribution in [2.45, 2.75) is 70.8 Å². The van der Waals surface area contributed by atoms with E-state index in [-0.39, 0.29) is 0 Å². The third kappa shape index (κ3) is 2.53. The molecule has 0 N–H and O–H groups in total. The summed E-state index contributed by atoms with van der Waals surface area (Å²) in [6.07, 6.45) is 13.3. The quantitative estimate of drug-likeness (QED) is 0.785. The van der Waals surface area contributed by atoms with Gasteiger partial charge >= 0.3 is 0 Å². The topological polar surface area (TPSA) is 30.7 Å². The predicted octanol–water partition coefficient (Wildman–Crippen LogP) is 3.13. The molecule has 0 amide bonds. The van der Waals surface area contributed by atoms with Crippen LogP contribution in [0.3, 0.4) is 0 Å². The zero-order chi connectivity index (χ0) is 11.5. The zero-order valence-corrected chi connectivity index (χ0v) is 10.7. The highest BCUT2D eigenvalue weighted by Crippen LogP contribution is 2.28. The highest BCUT2D eigenvalue weighted by atomic mass is 15.3. The first-order chi connectivity index (χ1) is 8.43. The summed E-state index contributed by atoms with van der Waals surface area (Å²) in [6.45, 7) is 1.16. The van der Waals surface area contributed by atoms with Crippen LogP contribution in [0.15, 0.2) is 0 Å². The summed E-state index contributed by atoms with van der Waals surface area (Å²) in [6, 6.07) is 0. The van der Waals surface area contributed by atoms with E-state index in [0.29, 0.717) is 0 Å². The number of aryl methyl sites for hydroxylation is 1. The van der Waals surface area contributed by atoms with Crippen molar-refractivity contribution in [1.29, 1.82) is 0 Å². The lowest BCUT2D eigenvalue weighted by Crippen LogP contribution is -2.13. The molecule has 94 valence electrons. The number of aromatic nitrogens is 3. The van der Waals surface area contributed by atoms with Crippen LogP contribution in [0.5, 0.6) is 0 Å². The van der Waals surface area contributed by atoms with Crippen molar-refractivity contribution in [1.82, 2.24) is 14.8 Å². The molecule has 0 radical (unpaired) electrons. The van der Waals surface area contributed by atoms with Crippen molar-refractivity contribution in [3.8, 4) is 0 Å². The summed E-state index contributed by atoms with van der Waals surface area (Å²) in [5, 5.41) is 8.87. The average Bonchev–Trinajstić information content (AvgIpc) is 2.90. The molecule has 1 saturated carbocycles. The molecule has 3 heteroatoms. The molecule has 0 bridgehead atoms. The van der Waals surface area contributed by atoms with Crippen LogP contribution < -0.4 is 0 Å². The van der Waals surface area contributed by atoms with Gasteiger partial charge in [-0.15, -0.1) is 10.2 Å². The van der Waals surface area contributed by atoms with Gasteiger partial charge in [0.1, 0.15) is 11.6 Å². The molecule has 1 aliphatic carbocycles.